The highest BCUT2D eigenvalue weighted by molar-refractivity contribution is 7.78. The van der Waals surface area contributed by atoms with E-state index in [-0.39, 0.29) is 5.82 Å². The quantitative estimate of drug-likeness (QED) is 0.489. The molecule has 10 nitrogen and oxygen atoms in total. The number of fused-ring (bicyclic) bond motifs is 1. The van der Waals surface area contributed by atoms with Gasteiger partial charge < -0.3 is 19.5 Å². The second-order valence-electron chi connectivity index (χ2n) is 5.98. The molecule has 0 aliphatic carbocycles. The number of pyridine rings is 1. The summed E-state index contributed by atoms with van der Waals surface area (Å²) in [6, 6.07) is 6.67. The van der Waals surface area contributed by atoms with Crippen molar-refractivity contribution in [2.24, 2.45) is 0 Å². The highest BCUT2D eigenvalue weighted by atomic mass is 32.1. The van der Waals surface area contributed by atoms with Crippen molar-refractivity contribution in [3.8, 4) is 17.2 Å². The predicted molar refractivity (Wildman–Crippen MR) is 117 cm³/mol. The van der Waals surface area contributed by atoms with E-state index < -0.39 is 6.03 Å². The monoisotopic (exact) mass is 430 g/mol. The molecule has 0 saturated heterocycles. The summed E-state index contributed by atoms with van der Waals surface area (Å²) >= 11 is 4.07. The van der Waals surface area contributed by atoms with E-state index in [0.717, 1.165) is 0 Å². The molecule has 3 aromatic rings. The number of thiol groups is 1. The molecule has 0 bridgehead atoms. The van der Waals surface area contributed by atoms with Gasteiger partial charge in [0.25, 0.3) is 0 Å². The van der Waals surface area contributed by atoms with Crippen LogP contribution in [0.3, 0.4) is 0 Å². The zero-order valence-electron chi connectivity index (χ0n) is 17.0. The van der Waals surface area contributed by atoms with Crippen LogP contribution in [0.1, 0.15) is 6.92 Å². The molecule has 11 heteroatoms. The van der Waals surface area contributed by atoms with Crippen LogP contribution < -0.4 is 24.8 Å². The Kier molecular flexibility index (Phi) is 6.62. The average Bonchev–Trinajstić information content (AvgIpc) is 2.77. The summed E-state index contributed by atoms with van der Waals surface area (Å²) in [6.07, 6.45) is 1.46. The second-order valence-corrected chi connectivity index (χ2v) is 6.46. The summed E-state index contributed by atoms with van der Waals surface area (Å²) in [5.74, 6) is 2.32. The van der Waals surface area contributed by atoms with Crippen molar-refractivity contribution in [3.63, 3.8) is 0 Å². The number of methoxy groups -OCH3 is 3. The van der Waals surface area contributed by atoms with Crippen LogP contribution in [0.4, 0.5) is 22.1 Å². The third-order valence-electron chi connectivity index (χ3n) is 4.11. The molecule has 2 aromatic heterocycles. The van der Waals surface area contributed by atoms with Crippen molar-refractivity contribution >= 4 is 47.3 Å². The Hall–Kier alpha value is -3.47. The largest absolute Gasteiger partial charge is 0.493 e. The van der Waals surface area contributed by atoms with Crippen molar-refractivity contribution in [3.05, 3.63) is 30.5 Å². The van der Waals surface area contributed by atoms with Crippen LogP contribution in [0.15, 0.2) is 30.5 Å². The van der Waals surface area contributed by atoms with Gasteiger partial charge in [0, 0.05) is 24.4 Å². The number of carbonyl (C=O) groups is 1. The van der Waals surface area contributed by atoms with E-state index >= 15 is 0 Å². The van der Waals surface area contributed by atoms with E-state index in [1.54, 1.807) is 52.5 Å². The fraction of sp³-hybridized carbons (Fsp3) is 0.263. The normalized spacial score (nSPS) is 10.4. The number of rotatable bonds is 7. The van der Waals surface area contributed by atoms with Crippen LogP contribution in [0, 0.1) is 0 Å². The van der Waals surface area contributed by atoms with Gasteiger partial charge in [-0.1, -0.05) is 12.8 Å². The highest BCUT2D eigenvalue weighted by Gasteiger charge is 2.14. The standard InChI is InChI=1S/C19H22N6O4S/c1-5-25(30)19(26)24-16-10-20-12-6-7-15(22-18(12)23-16)21-11-8-13(27-2)17(29-4)14(9-11)28-3/h6-10,30H,5H2,1-4H3,(H2,21,22,23,24,26). The van der Waals surface area contributed by atoms with Crippen LogP contribution in [0.5, 0.6) is 17.2 Å². The Morgan fingerprint density at radius 1 is 1.07 bits per heavy atom. The van der Waals surface area contributed by atoms with Crippen LogP contribution in [0.25, 0.3) is 11.2 Å². The van der Waals surface area contributed by atoms with Crippen molar-refractivity contribution < 1.29 is 19.0 Å². The van der Waals surface area contributed by atoms with Gasteiger partial charge in [-0.15, -0.1) is 0 Å². The Labute approximate surface area is 179 Å². The molecular weight excluding hydrogens is 408 g/mol. The third-order valence-corrected chi connectivity index (χ3v) is 4.58. The predicted octanol–water partition coefficient (Wildman–Crippen LogP) is 3.49. The summed E-state index contributed by atoms with van der Waals surface area (Å²) < 4.78 is 17.3. The number of carbonyl (C=O) groups excluding carboxylic acids is 1. The molecule has 0 atom stereocenters. The van der Waals surface area contributed by atoms with Gasteiger partial charge in [-0.2, -0.15) is 0 Å². The minimum Gasteiger partial charge on any atom is -0.493 e. The van der Waals surface area contributed by atoms with E-state index in [0.29, 0.717) is 46.5 Å². The molecule has 0 spiro atoms. The van der Waals surface area contributed by atoms with Crippen LogP contribution in [-0.4, -0.2) is 53.2 Å². The molecule has 0 aliphatic rings. The molecule has 0 aliphatic heterocycles. The molecule has 1 aromatic carbocycles. The minimum atomic E-state index is -0.402. The molecule has 30 heavy (non-hydrogen) atoms. The summed E-state index contributed by atoms with van der Waals surface area (Å²) in [5, 5.41) is 5.81. The van der Waals surface area contributed by atoms with Gasteiger partial charge in [-0.25, -0.2) is 19.7 Å². The number of benzene rings is 1. The molecule has 0 saturated carbocycles. The maximum atomic E-state index is 12.0. The van der Waals surface area contributed by atoms with Crippen molar-refractivity contribution in [1.82, 2.24) is 19.3 Å². The molecule has 0 fully saturated rings. The summed E-state index contributed by atoms with van der Waals surface area (Å²) in [7, 11) is 4.64. The zero-order chi connectivity index (χ0) is 21.7. The zero-order valence-corrected chi connectivity index (χ0v) is 17.9. The summed E-state index contributed by atoms with van der Waals surface area (Å²) in [5.41, 5.74) is 1.64. The SMILES string of the molecule is CCN(S)C(=O)Nc1cnc2ccc(Nc3cc(OC)c(OC)c(OC)c3)nc2n1. The number of amides is 2. The lowest BCUT2D eigenvalue weighted by Crippen LogP contribution is -2.27. The number of aromatic nitrogens is 3. The van der Waals surface area contributed by atoms with Crippen molar-refractivity contribution in [1.29, 1.82) is 0 Å². The highest BCUT2D eigenvalue weighted by Crippen LogP contribution is 2.40. The maximum Gasteiger partial charge on any atom is 0.332 e. The third kappa shape index (κ3) is 4.57. The van der Waals surface area contributed by atoms with Crippen LogP contribution >= 0.6 is 12.8 Å². The van der Waals surface area contributed by atoms with Gasteiger partial charge in [0.15, 0.2) is 23.0 Å². The average molecular weight is 430 g/mol. The van der Waals surface area contributed by atoms with Gasteiger partial charge in [0.05, 0.1) is 27.5 Å². The first-order chi connectivity index (χ1) is 14.5. The number of urea groups is 1. The lowest BCUT2D eigenvalue weighted by molar-refractivity contribution is 0.240. The lowest BCUT2D eigenvalue weighted by Gasteiger charge is -2.15. The van der Waals surface area contributed by atoms with E-state index in [1.807, 2.05) is 0 Å². The van der Waals surface area contributed by atoms with E-state index in [9.17, 15) is 4.79 Å². The molecule has 0 radical (unpaired) electrons. The Morgan fingerprint density at radius 3 is 2.33 bits per heavy atom. The van der Waals surface area contributed by atoms with Gasteiger partial charge in [-0.3, -0.25) is 9.62 Å². The van der Waals surface area contributed by atoms with E-state index in [2.05, 4.69) is 38.4 Å². The topological polar surface area (TPSA) is 111 Å². The molecule has 2 amide bonds. The molecule has 2 heterocycles. The van der Waals surface area contributed by atoms with Crippen LogP contribution in [-0.2, 0) is 0 Å². The van der Waals surface area contributed by atoms with Crippen molar-refractivity contribution in [2.75, 3.05) is 38.5 Å². The number of nitrogens with one attached hydrogen (secondary N) is 2. The molecule has 2 N–H and O–H groups in total. The number of anilines is 3. The molecular formula is C19H22N6O4S. The number of hydrogen-bond acceptors (Lipinski definition) is 9. The lowest BCUT2D eigenvalue weighted by atomic mass is 10.2. The summed E-state index contributed by atoms with van der Waals surface area (Å²) in [4.78, 5) is 25.1. The first-order valence-electron chi connectivity index (χ1n) is 8.97. The van der Waals surface area contributed by atoms with Gasteiger partial charge in [-0.05, 0) is 19.1 Å². The van der Waals surface area contributed by atoms with Gasteiger partial charge in [0.1, 0.15) is 11.3 Å². The van der Waals surface area contributed by atoms with Gasteiger partial charge >= 0.3 is 6.03 Å². The van der Waals surface area contributed by atoms with E-state index in [1.165, 1.54) is 10.5 Å². The first kappa shape index (κ1) is 21.2. The Balaban J connectivity index is 1.89. The Bertz CT molecular complexity index is 1040. The Morgan fingerprint density at radius 2 is 1.73 bits per heavy atom. The number of ether oxygens (including phenoxy) is 3. The van der Waals surface area contributed by atoms with Gasteiger partial charge in [0.2, 0.25) is 5.75 Å². The maximum absolute atomic E-state index is 12.0. The van der Waals surface area contributed by atoms with Crippen LogP contribution in [0.2, 0.25) is 0 Å². The number of hydrogen-bond donors (Lipinski definition) is 3. The molecule has 0 unspecified atom stereocenters. The fourth-order valence-electron chi connectivity index (χ4n) is 2.65. The molecule has 3 rings (SSSR count). The minimum absolute atomic E-state index is 0.275. The fourth-order valence-corrected chi connectivity index (χ4v) is 2.70. The first-order valence-corrected chi connectivity index (χ1v) is 9.37. The smallest absolute Gasteiger partial charge is 0.332 e. The summed E-state index contributed by atoms with van der Waals surface area (Å²) in [6.45, 7) is 2.25. The number of nitrogens with zero attached hydrogens (tertiary/aromatic N) is 4. The second kappa shape index (κ2) is 9.35. The van der Waals surface area contributed by atoms with E-state index in [4.69, 9.17) is 14.2 Å². The molecule has 158 valence electrons. The van der Waals surface area contributed by atoms with Crippen molar-refractivity contribution in [2.45, 2.75) is 6.92 Å².